The monoisotopic (exact) mass is 273 g/mol. The molecule has 2 heterocycles. The third-order valence-corrected chi connectivity index (χ3v) is 5.35. The van der Waals surface area contributed by atoms with Crippen LogP contribution in [0.4, 0.5) is 0 Å². The van der Waals surface area contributed by atoms with E-state index in [1.54, 1.807) is 0 Å². The summed E-state index contributed by atoms with van der Waals surface area (Å²) >= 11 is 3.86. The first-order chi connectivity index (χ1) is 8.16. The SMILES string of the molecule is CC(C)C[C@H](N)c1nc(C2CSCCS2)no1. The van der Waals surface area contributed by atoms with Gasteiger partial charge in [0.25, 0.3) is 0 Å². The first-order valence-electron chi connectivity index (χ1n) is 5.95. The van der Waals surface area contributed by atoms with Gasteiger partial charge in [-0.3, -0.25) is 0 Å². The molecule has 1 aromatic rings. The fourth-order valence-corrected chi connectivity index (χ4v) is 4.36. The van der Waals surface area contributed by atoms with Gasteiger partial charge < -0.3 is 10.3 Å². The second kappa shape index (κ2) is 6.11. The number of nitrogens with zero attached hydrogens (tertiary/aromatic N) is 2. The zero-order chi connectivity index (χ0) is 12.3. The minimum absolute atomic E-state index is 0.127. The lowest BCUT2D eigenvalue weighted by molar-refractivity contribution is 0.332. The molecule has 0 radical (unpaired) electrons. The Morgan fingerprint density at radius 1 is 1.47 bits per heavy atom. The van der Waals surface area contributed by atoms with Crippen molar-refractivity contribution in [2.75, 3.05) is 17.3 Å². The van der Waals surface area contributed by atoms with E-state index in [4.69, 9.17) is 10.3 Å². The normalized spacial score (nSPS) is 22.9. The van der Waals surface area contributed by atoms with Crippen molar-refractivity contribution in [3.63, 3.8) is 0 Å². The molecule has 2 rings (SSSR count). The van der Waals surface area contributed by atoms with Gasteiger partial charge in [0, 0.05) is 17.3 Å². The predicted molar refractivity (Wildman–Crippen MR) is 73.2 cm³/mol. The standard InChI is InChI=1S/C11H19N3OS2/c1-7(2)5-8(12)11-13-10(14-15-11)9-6-16-3-4-17-9/h7-9H,3-6,12H2,1-2H3/t8-,9?/m0/s1. The molecule has 96 valence electrons. The van der Waals surface area contributed by atoms with Crippen molar-refractivity contribution in [1.82, 2.24) is 10.1 Å². The molecule has 1 aliphatic rings. The van der Waals surface area contributed by atoms with E-state index in [1.807, 2.05) is 23.5 Å². The van der Waals surface area contributed by atoms with Crippen LogP contribution in [0.1, 0.15) is 43.3 Å². The zero-order valence-corrected chi connectivity index (χ0v) is 11.9. The number of thioether (sulfide) groups is 2. The molecule has 1 saturated heterocycles. The third-order valence-electron chi connectivity index (χ3n) is 2.60. The second-order valence-corrected chi connectivity index (χ2v) is 7.12. The Morgan fingerprint density at radius 2 is 2.29 bits per heavy atom. The van der Waals surface area contributed by atoms with E-state index in [2.05, 4.69) is 24.0 Å². The zero-order valence-electron chi connectivity index (χ0n) is 10.3. The maximum Gasteiger partial charge on any atom is 0.243 e. The summed E-state index contributed by atoms with van der Waals surface area (Å²) in [6, 6.07) is -0.127. The smallest absolute Gasteiger partial charge is 0.243 e. The summed E-state index contributed by atoms with van der Waals surface area (Å²) in [5.74, 6) is 5.40. The van der Waals surface area contributed by atoms with Gasteiger partial charge in [0.2, 0.25) is 5.89 Å². The lowest BCUT2D eigenvalue weighted by Gasteiger charge is -2.17. The first-order valence-corrected chi connectivity index (χ1v) is 8.15. The summed E-state index contributed by atoms with van der Waals surface area (Å²) in [6.45, 7) is 4.29. The number of hydrogen-bond acceptors (Lipinski definition) is 6. The molecule has 2 atom stereocenters. The Morgan fingerprint density at radius 3 is 2.94 bits per heavy atom. The highest BCUT2D eigenvalue weighted by Crippen LogP contribution is 2.35. The highest BCUT2D eigenvalue weighted by molar-refractivity contribution is 8.06. The van der Waals surface area contributed by atoms with Crippen molar-refractivity contribution in [2.45, 2.75) is 31.6 Å². The molecular weight excluding hydrogens is 254 g/mol. The molecule has 17 heavy (non-hydrogen) atoms. The maximum atomic E-state index is 6.03. The molecule has 0 aliphatic carbocycles. The minimum Gasteiger partial charge on any atom is -0.338 e. The van der Waals surface area contributed by atoms with Crippen molar-refractivity contribution >= 4 is 23.5 Å². The fourth-order valence-electron chi connectivity index (χ4n) is 1.77. The van der Waals surface area contributed by atoms with Gasteiger partial charge in [0.05, 0.1) is 11.3 Å². The van der Waals surface area contributed by atoms with Crippen LogP contribution in [0.25, 0.3) is 0 Å². The van der Waals surface area contributed by atoms with Crippen LogP contribution in [0.2, 0.25) is 0 Å². The van der Waals surface area contributed by atoms with Crippen LogP contribution in [0, 0.1) is 5.92 Å². The van der Waals surface area contributed by atoms with Crippen molar-refractivity contribution in [1.29, 1.82) is 0 Å². The van der Waals surface area contributed by atoms with E-state index in [-0.39, 0.29) is 6.04 Å². The van der Waals surface area contributed by atoms with E-state index >= 15 is 0 Å². The molecule has 1 fully saturated rings. The summed E-state index contributed by atoms with van der Waals surface area (Å²) in [6.07, 6.45) is 0.883. The predicted octanol–water partition coefficient (Wildman–Crippen LogP) is 2.64. The van der Waals surface area contributed by atoms with E-state index in [0.29, 0.717) is 17.1 Å². The Kier molecular flexibility index (Phi) is 4.76. The van der Waals surface area contributed by atoms with Gasteiger partial charge in [-0.25, -0.2) is 0 Å². The topological polar surface area (TPSA) is 64.9 Å². The molecule has 0 spiro atoms. The third kappa shape index (κ3) is 3.63. The first kappa shape index (κ1) is 13.2. The quantitative estimate of drug-likeness (QED) is 0.909. The van der Waals surface area contributed by atoms with Crippen LogP contribution in [0.15, 0.2) is 4.52 Å². The Bertz CT molecular complexity index is 350. The Balaban J connectivity index is 1.99. The summed E-state index contributed by atoms with van der Waals surface area (Å²) in [5, 5.41) is 4.44. The van der Waals surface area contributed by atoms with E-state index in [1.165, 1.54) is 5.75 Å². The van der Waals surface area contributed by atoms with Gasteiger partial charge in [0.15, 0.2) is 5.82 Å². The Hall–Kier alpha value is -0.200. The second-order valence-electron chi connectivity index (χ2n) is 4.66. The van der Waals surface area contributed by atoms with Gasteiger partial charge >= 0.3 is 0 Å². The minimum atomic E-state index is -0.127. The molecule has 0 bridgehead atoms. The van der Waals surface area contributed by atoms with Crippen molar-refractivity contribution in [3.8, 4) is 0 Å². The number of hydrogen-bond donors (Lipinski definition) is 1. The maximum absolute atomic E-state index is 6.03. The molecule has 0 saturated carbocycles. The highest BCUT2D eigenvalue weighted by atomic mass is 32.2. The molecule has 6 heteroatoms. The molecule has 1 unspecified atom stereocenters. The molecule has 0 amide bonds. The molecule has 1 aromatic heterocycles. The van der Waals surface area contributed by atoms with Gasteiger partial charge in [-0.1, -0.05) is 19.0 Å². The van der Waals surface area contributed by atoms with E-state index in [0.717, 1.165) is 23.8 Å². The van der Waals surface area contributed by atoms with E-state index in [9.17, 15) is 0 Å². The lowest BCUT2D eigenvalue weighted by Crippen LogP contribution is -2.14. The number of rotatable bonds is 4. The number of aromatic nitrogens is 2. The van der Waals surface area contributed by atoms with Crippen LogP contribution >= 0.6 is 23.5 Å². The van der Waals surface area contributed by atoms with Crippen molar-refractivity contribution in [3.05, 3.63) is 11.7 Å². The van der Waals surface area contributed by atoms with Gasteiger partial charge in [-0.2, -0.15) is 16.7 Å². The summed E-state index contributed by atoms with van der Waals surface area (Å²) in [5.41, 5.74) is 6.03. The molecular formula is C11H19N3OS2. The largest absolute Gasteiger partial charge is 0.338 e. The molecule has 0 aromatic carbocycles. The average molecular weight is 273 g/mol. The fraction of sp³-hybridized carbons (Fsp3) is 0.818. The van der Waals surface area contributed by atoms with Gasteiger partial charge in [-0.15, -0.1) is 11.8 Å². The van der Waals surface area contributed by atoms with Gasteiger partial charge in [-0.05, 0) is 12.3 Å². The lowest BCUT2D eigenvalue weighted by atomic mass is 10.0. The van der Waals surface area contributed by atoms with Crippen molar-refractivity contribution in [2.24, 2.45) is 11.7 Å². The van der Waals surface area contributed by atoms with Crippen LogP contribution in [0.5, 0.6) is 0 Å². The average Bonchev–Trinajstić information content (AvgIpc) is 2.78. The summed E-state index contributed by atoms with van der Waals surface area (Å²) in [4.78, 5) is 4.45. The molecule has 1 aliphatic heterocycles. The van der Waals surface area contributed by atoms with Crippen LogP contribution < -0.4 is 5.73 Å². The molecule has 2 N–H and O–H groups in total. The summed E-state index contributed by atoms with van der Waals surface area (Å²) < 4.78 is 5.27. The van der Waals surface area contributed by atoms with Gasteiger partial charge in [0.1, 0.15) is 0 Å². The van der Waals surface area contributed by atoms with Crippen LogP contribution in [-0.4, -0.2) is 27.4 Å². The highest BCUT2D eigenvalue weighted by Gasteiger charge is 2.23. The van der Waals surface area contributed by atoms with Crippen molar-refractivity contribution < 1.29 is 4.52 Å². The molecule has 4 nitrogen and oxygen atoms in total. The van der Waals surface area contributed by atoms with Crippen LogP contribution in [-0.2, 0) is 0 Å². The summed E-state index contributed by atoms with van der Waals surface area (Å²) in [7, 11) is 0. The van der Waals surface area contributed by atoms with E-state index < -0.39 is 0 Å². The Labute approximate surface area is 110 Å². The number of nitrogens with two attached hydrogens (primary N) is 1. The van der Waals surface area contributed by atoms with Crippen LogP contribution in [0.3, 0.4) is 0 Å².